The number of amides is 3. The van der Waals surface area contributed by atoms with Crippen molar-refractivity contribution in [2.45, 2.75) is 39.7 Å². The zero-order valence-electron chi connectivity index (χ0n) is 17.5. The standard InChI is InChI=1S/C23H26N2O4/c1-14-10-16(3)18(11-15(14)2)19(26)13-25-21(27)23(4,24-22(25)28)12-17-8-6-7-9-20(17)29-5/h6-11H,12-13H2,1-5H3,(H,24,28)/t23-/m1/s1. The maximum Gasteiger partial charge on any atom is 0.325 e. The summed E-state index contributed by atoms with van der Waals surface area (Å²) in [6, 6.07) is 10.6. The van der Waals surface area contributed by atoms with Crippen molar-refractivity contribution in [2.75, 3.05) is 13.7 Å². The maximum absolute atomic E-state index is 13.1. The Hall–Kier alpha value is -3.15. The number of imide groups is 1. The third kappa shape index (κ3) is 3.88. The first-order chi connectivity index (χ1) is 13.7. The van der Waals surface area contributed by atoms with Crippen molar-refractivity contribution in [1.29, 1.82) is 0 Å². The van der Waals surface area contributed by atoms with Crippen LogP contribution in [0.4, 0.5) is 4.79 Å². The van der Waals surface area contributed by atoms with E-state index in [1.54, 1.807) is 14.0 Å². The second-order valence-corrected chi connectivity index (χ2v) is 7.82. The molecule has 0 bridgehead atoms. The second-order valence-electron chi connectivity index (χ2n) is 7.82. The Bertz CT molecular complexity index is 998. The number of nitrogens with one attached hydrogen (secondary N) is 1. The third-order valence-electron chi connectivity index (χ3n) is 5.52. The Morgan fingerprint density at radius 3 is 2.41 bits per heavy atom. The number of urea groups is 1. The van der Waals surface area contributed by atoms with Crippen molar-refractivity contribution in [3.05, 3.63) is 64.2 Å². The van der Waals surface area contributed by atoms with Crippen LogP contribution in [-0.4, -0.2) is 41.8 Å². The summed E-state index contributed by atoms with van der Waals surface area (Å²) < 4.78 is 5.35. The molecule has 0 aromatic heterocycles. The van der Waals surface area contributed by atoms with Gasteiger partial charge in [-0.1, -0.05) is 24.3 Å². The third-order valence-corrected chi connectivity index (χ3v) is 5.52. The van der Waals surface area contributed by atoms with Gasteiger partial charge in [0.05, 0.1) is 13.7 Å². The van der Waals surface area contributed by atoms with E-state index >= 15 is 0 Å². The fourth-order valence-electron chi connectivity index (χ4n) is 3.73. The molecule has 2 aromatic carbocycles. The van der Waals surface area contributed by atoms with Crippen molar-refractivity contribution < 1.29 is 19.1 Å². The molecule has 0 radical (unpaired) electrons. The quantitative estimate of drug-likeness (QED) is 0.602. The summed E-state index contributed by atoms with van der Waals surface area (Å²) in [6.45, 7) is 7.17. The van der Waals surface area contributed by atoms with E-state index in [-0.39, 0.29) is 18.7 Å². The Morgan fingerprint density at radius 2 is 1.72 bits per heavy atom. The van der Waals surface area contributed by atoms with Gasteiger partial charge in [-0.15, -0.1) is 0 Å². The number of hydrogen-bond donors (Lipinski definition) is 1. The minimum absolute atomic E-state index is 0.254. The van der Waals surface area contributed by atoms with E-state index in [9.17, 15) is 14.4 Å². The average molecular weight is 394 g/mol. The highest BCUT2D eigenvalue weighted by Crippen LogP contribution is 2.28. The number of methoxy groups -OCH3 is 1. The molecule has 1 N–H and O–H groups in total. The van der Waals surface area contributed by atoms with E-state index in [0.29, 0.717) is 11.3 Å². The Labute approximate surface area is 170 Å². The number of aryl methyl sites for hydroxylation is 3. The first-order valence-electron chi connectivity index (χ1n) is 9.53. The lowest BCUT2D eigenvalue weighted by atomic mass is 9.92. The highest BCUT2D eigenvalue weighted by atomic mass is 16.5. The molecule has 152 valence electrons. The first kappa shape index (κ1) is 20.6. The molecule has 2 aromatic rings. The van der Waals surface area contributed by atoms with Gasteiger partial charge in [0.15, 0.2) is 5.78 Å². The molecular formula is C23H26N2O4. The molecule has 1 atom stereocenters. The van der Waals surface area contributed by atoms with Gasteiger partial charge in [0, 0.05) is 12.0 Å². The number of carbonyl (C=O) groups excluding carboxylic acids is 3. The molecule has 0 unspecified atom stereocenters. The molecule has 29 heavy (non-hydrogen) atoms. The number of rotatable bonds is 6. The lowest BCUT2D eigenvalue weighted by molar-refractivity contribution is -0.130. The first-order valence-corrected chi connectivity index (χ1v) is 9.53. The highest BCUT2D eigenvalue weighted by Gasteiger charge is 2.48. The number of para-hydroxylation sites is 1. The van der Waals surface area contributed by atoms with Gasteiger partial charge in [-0.25, -0.2) is 4.79 Å². The maximum atomic E-state index is 13.1. The van der Waals surface area contributed by atoms with Crippen molar-refractivity contribution in [3.63, 3.8) is 0 Å². The van der Waals surface area contributed by atoms with Gasteiger partial charge < -0.3 is 10.1 Å². The zero-order chi connectivity index (χ0) is 21.3. The fraction of sp³-hybridized carbons (Fsp3) is 0.348. The monoisotopic (exact) mass is 394 g/mol. The van der Waals surface area contributed by atoms with E-state index in [2.05, 4.69) is 5.32 Å². The number of hydrogen-bond acceptors (Lipinski definition) is 4. The summed E-state index contributed by atoms with van der Waals surface area (Å²) in [4.78, 5) is 39.5. The normalized spacial score (nSPS) is 18.7. The van der Waals surface area contributed by atoms with Crippen molar-refractivity contribution in [2.24, 2.45) is 0 Å². The minimum Gasteiger partial charge on any atom is -0.496 e. The molecule has 3 amide bonds. The van der Waals surface area contributed by atoms with Crippen LogP contribution in [0, 0.1) is 20.8 Å². The van der Waals surface area contributed by atoms with E-state index in [1.165, 1.54) is 0 Å². The number of benzene rings is 2. The molecule has 1 fully saturated rings. The molecule has 1 aliphatic rings. The van der Waals surface area contributed by atoms with Crippen LogP contribution in [0.5, 0.6) is 5.75 Å². The molecule has 0 spiro atoms. The molecule has 6 nitrogen and oxygen atoms in total. The van der Waals surface area contributed by atoms with Gasteiger partial charge in [0.25, 0.3) is 5.91 Å². The lowest BCUT2D eigenvalue weighted by Crippen LogP contribution is -2.46. The molecule has 6 heteroatoms. The Balaban J connectivity index is 1.82. The van der Waals surface area contributed by atoms with Gasteiger partial charge >= 0.3 is 6.03 Å². The predicted molar refractivity (Wildman–Crippen MR) is 110 cm³/mol. The molecule has 0 aliphatic carbocycles. The summed E-state index contributed by atoms with van der Waals surface area (Å²) in [5.41, 5.74) is 3.14. The van der Waals surface area contributed by atoms with Crippen LogP contribution in [0.2, 0.25) is 0 Å². The van der Waals surface area contributed by atoms with Gasteiger partial charge in [0.1, 0.15) is 11.3 Å². The van der Waals surface area contributed by atoms with Crippen molar-refractivity contribution in [3.8, 4) is 5.75 Å². The largest absolute Gasteiger partial charge is 0.496 e. The summed E-state index contributed by atoms with van der Waals surface area (Å²) in [7, 11) is 1.56. The Morgan fingerprint density at radius 1 is 1.07 bits per heavy atom. The molecule has 0 saturated carbocycles. The van der Waals surface area contributed by atoms with Crippen LogP contribution < -0.4 is 10.1 Å². The van der Waals surface area contributed by atoms with Gasteiger partial charge in [-0.05, 0) is 62.1 Å². The van der Waals surface area contributed by atoms with Gasteiger partial charge in [0.2, 0.25) is 0 Å². The van der Waals surface area contributed by atoms with Crippen LogP contribution >= 0.6 is 0 Å². The van der Waals surface area contributed by atoms with Crippen molar-refractivity contribution >= 4 is 17.7 Å². The number of nitrogens with zero attached hydrogens (tertiary/aromatic N) is 1. The molecule has 1 saturated heterocycles. The second kappa shape index (κ2) is 7.70. The molecular weight excluding hydrogens is 368 g/mol. The lowest BCUT2D eigenvalue weighted by Gasteiger charge is -2.22. The number of ether oxygens (including phenoxy) is 1. The van der Waals surface area contributed by atoms with E-state index in [1.807, 2.05) is 57.2 Å². The smallest absolute Gasteiger partial charge is 0.325 e. The Kier molecular flexibility index (Phi) is 5.46. The van der Waals surface area contributed by atoms with Crippen LogP contribution in [0.3, 0.4) is 0 Å². The predicted octanol–water partition coefficient (Wildman–Crippen LogP) is 3.36. The fourth-order valence-corrected chi connectivity index (χ4v) is 3.73. The van der Waals surface area contributed by atoms with E-state index in [0.717, 1.165) is 27.2 Å². The van der Waals surface area contributed by atoms with Crippen LogP contribution in [0.15, 0.2) is 36.4 Å². The van der Waals surface area contributed by atoms with Crippen molar-refractivity contribution in [1.82, 2.24) is 10.2 Å². The summed E-state index contributed by atoms with van der Waals surface area (Å²) in [5.74, 6) is -0.0186. The van der Waals surface area contributed by atoms with E-state index in [4.69, 9.17) is 4.74 Å². The number of ketones is 1. The van der Waals surface area contributed by atoms with Crippen LogP contribution in [0.1, 0.15) is 39.5 Å². The molecule has 1 heterocycles. The topological polar surface area (TPSA) is 75.7 Å². The number of Topliss-reactive ketones (excluding diaryl/α,β-unsaturated/α-hetero) is 1. The molecule has 1 aliphatic heterocycles. The number of carbonyl (C=O) groups is 3. The average Bonchev–Trinajstić information content (AvgIpc) is 2.88. The van der Waals surface area contributed by atoms with Crippen LogP contribution in [-0.2, 0) is 11.2 Å². The van der Waals surface area contributed by atoms with Gasteiger partial charge in [-0.3, -0.25) is 14.5 Å². The SMILES string of the molecule is COc1ccccc1C[C@@]1(C)NC(=O)N(CC(=O)c2cc(C)c(C)cc2C)C1=O. The zero-order valence-corrected chi connectivity index (χ0v) is 17.5. The summed E-state index contributed by atoms with van der Waals surface area (Å²) in [5, 5.41) is 2.75. The highest BCUT2D eigenvalue weighted by molar-refractivity contribution is 6.11. The summed E-state index contributed by atoms with van der Waals surface area (Å²) >= 11 is 0. The minimum atomic E-state index is -1.13. The van der Waals surface area contributed by atoms with E-state index < -0.39 is 17.5 Å². The molecule has 3 rings (SSSR count). The van der Waals surface area contributed by atoms with Crippen LogP contribution in [0.25, 0.3) is 0 Å². The van der Waals surface area contributed by atoms with Gasteiger partial charge in [-0.2, -0.15) is 0 Å². The summed E-state index contributed by atoms with van der Waals surface area (Å²) in [6.07, 6.45) is 0.273.